The van der Waals surface area contributed by atoms with Crippen LogP contribution in [0.3, 0.4) is 0 Å². The molecule has 0 aliphatic heterocycles. The molecule has 98 valence electrons. The normalized spacial score (nSPS) is 10.3. The SMILES string of the molecule is N=C(N)c1ccc(Cl)cc1Oc1ccc(Cl)c(Cl)c1. The minimum atomic E-state index is -0.105. The lowest BCUT2D eigenvalue weighted by atomic mass is 10.2. The maximum Gasteiger partial charge on any atom is 0.139 e. The van der Waals surface area contributed by atoms with E-state index in [1.54, 1.807) is 36.4 Å². The molecule has 0 bridgehead atoms. The highest BCUT2D eigenvalue weighted by atomic mass is 35.5. The summed E-state index contributed by atoms with van der Waals surface area (Å²) in [6.07, 6.45) is 0. The average Bonchev–Trinajstić information content (AvgIpc) is 2.33. The summed E-state index contributed by atoms with van der Waals surface area (Å²) in [4.78, 5) is 0. The van der Waals surface area contributed by atoms with Crippen molar-refractivity contribution < 1.29 is 4.74 Å². The van der Waals surface area contributed by atoms with Crippen molar-refractivity contribution in [2.24, 2.45) is 5.73 Å². The smallest absolute Gasteiger partial charge is 0.139 e. The zero-order chi connectivity index (χ0) is 14.0. The lowest BCUT2D eigenvalue weighted by Crippen LogP contribution is -2.12. The van der Waals surface area contributed by atoms with E-state index < -0.39 is 0 Å². The molecule has 2 aromatic carbocycles. The Labute approximate surface area is 125 Å². The summed E-state index contributed by atoms with van der Waals surface area (Å²) in [6, 6.07) is 9.71. The van der Waals surface area contributed by atoms with E-state index in [9.17, 15) is 0 Å². The number of nitrogen functional groups attached to an aromatic ring is 1. The molecular formula is C13H9Cl3N2O. The van der Waals surface area contributed by atoms with Gasteiger partial charge in [-0.1, -0.05) is 34.8 Å². The van der Waals surface area contributed by atoms with Gasteiger partial charge in [0.2, 0.25) is 0 Å². The van der Waals surface area contributed by atoms with E-state index in [0.717, 1.165) is 0 Å². The Kier molecular flexibility index (Phi) is 4.20. The summed E-state index contributed by atoms with van der Waals surface area (Å²) in [7, 11) is 0. The first-order chi connectivity index (χ1) is 8.97. The zero-order valence-corrected chi connectivity index (χ0v) is 11.9. The van der Waals surface area contributed by atoms with E-state index >= 15 is 0 Å². The number of amidine groups is 1. The van der Waals surface area contributed by atoms with Gasteiger partial charge in [0.1, 0.15) is 17.3 Å². The molecule has 0 aromatic heterocycles. The van der Waals surface area contributed by atoms with Crippen LogP contribution in [0, 0.1) is 5.41 Å². The molecule has 0 saturated carbocycles. The summed E-state index contributed by atoms with van der Waals surface area (Å²) < 4.78 is 5.64. The van der Waals surface area contributed by atoms with Crippen LogP contribution in [0.2, 0.25) is 15.1 Å². The number of nitrogens with two attached hydrogens (primary N) is 1. The van der Waals surface area contributed by atoms with Gasteiger partial charge in [-0.25, -0.2) is 0 Å². The van der Waals surface area contributed by atoms with Crippen molar-refractivity contribution >= 4 is 40.6 Å². The Hall–Kier alpha value is -1.42. The Morgan fingerprint density at radius 3 is 2.37 bits per heavy atom. The molecule has 0 amide bonds. The molecule has 0 heterocycles. The molecule has 0 spiro atoms. The van der Waals surface area contributed by atoms with E-state index in [4.69, 9.17) is 50.7 Å². The fourth-order valence-electron chi connectivity index (χ4n) is 1.47. The van der Waals surface area contributed by atoms with E-state index in [0.29, 0.717) is 32.1 Å². The van der Waals surface area contributed by atoms with Crippen LogP contribution < -0.4 is 10.5 Å². The molecule has 3 nitrogen and oxygen atoms in total. The number of hydrogen-bond donors (Lipinski definition) is 2. The van der Waals surface area contributed by atoms with Crippen LogP contribution in [0.1, 0.15) is 5.56 Å². The molecule has 0 radical (unpaired) electrons. The number of halogens is 3. The van der Waals surface area contributed by atoms with Crippen LogP contribution in [0.4, 0.5) is 0 Å². The monoisotopic (exact) mass is 314 g/mol. The minimum Gasteiger partial charge on any atom is -0.456 e. The Balaban J connectivity index is 2.39. The molecule has 19 heavy (non-hydrogen) atoms. The topological polar surface area (TPSA) is 59.1 Å². The predicted octanol–water partition coefficient (Wildman–Crippen LogP) is 4.72. The van der Waals surface area contributed by atoms with Crippen molar-refractivity contribution in [3.63, 3.8) is 0 Å². The van der Waals surface area contributed by atoms with Gasteiger partial charge in [-0.3, -0.25) is 5.41 Å². The number of hydrogen-bond acceptors (Lipinski definition) is 2. The molecule has 0 fully saturated rings. The van der Waals surface area contributed by atoms with Gasteiger partial charge >= 0.3 is 0 Å². The minimum absolute atomic E-state index is 0.105. The Morgan fingerprint density at radius 1 is 1.00 bits per heavy atom. The van der Waals surface area contributed by atoms with Crippen molar-refractivity contribution in [1.82, 2.24) is 0 Å². The molecule has 2 aromatic rings. The van der Waals surface area contributed by atoms with Crippen molar-refractivity contribution in [2.75, 3.05) is 0 Å². The van der Waals surface area contributed by atoms with Crippen LogP contribution in [0.5, 0.6) is 11.5 Å². The molecule has 0 atom stereocenters. The van der Waals surface area contributed by atoms with Crippen LogP contribution in [-0.2, 0) is 0 Å². The second kappa shape index (κ2) is 5.70. The summed E-state index contributed by atoms with van der Waals surface area (Å²) >= 11 is 17.6. The summed E-state index contributed by atoms with van der Waals surface area (Å²) in [5, 5.41) is 8.80. The second-order valence-electron chi connectivity index (χ2n) is 3.73. The summed E-state index contributed by atoms with van der Waals surface area (Å²) in [5.41, 5.74) is 5.94. The Bertz CT molecular complexity index is 644. The first-order valence-electron chi connectivity index (χ1n) is 5.24. The van der Waals surface area contributed by atoms with Gasteiger partial charge in [-0.05, 0) is 24.3 Å². The number of nitrogens with one attached hydrogen (secondary N) is 1. The lowest BCUT2D eigenvalue weighted by Gasteiger charge is -2.11. The predicted molar refractivity (Wildman–Crippen MR) is 79.0 cm³/mol. The van der Waals surface area contributed by atoms with Crippen LogP contribution >= 0.6 is 34.8 Å². The third-order valence-corrected chi connectivity index (χ3v) is 3.33. The zero-order valence-electron chi connectivity index (χ0n) is 9.58. The van der Waals surface area contributed by atoms with Gasteiger partial charge in [0, 0.05) is 17.2 Å². The van der Waals surface area contributed by atoms with Crippen LogP contribution in [-0.4, -0.2) is 5.84 Å². The lowest BCUT2D eigenvalue weighted by molar-refractivity contribution is 0.481. The van der Waals surface area contributed by atoms with Gasteiger partial charge in [0.25, 0.3) is 0 Å². The van der Waals surface area contributed by atoms with Crippen molar-refractivity contribution in [2.45, 2.75) is 0 Å². The second-order valence-corrected chi connectivity index (χ2v) is 4.98. The van der Waals surface area contributed by atoms with E-state index in [-0.39, 0.29) is 5.84 Å². The quantitative estimate of drug-likeness (QED) is 0.636. The van der Waals surface area contributed by atoms with Crippen LogP contribution in [0.15, 0.2) is 36.4 Å². The molecule has 0 unspecified atom stereocenters. The Morgan fingerprint density at radius 2 is 1.74 bits per heavy atom. The van der Waals surface area contributed by atoms with Crippen molar-refractivity contribution in [3.05, 3.63) is 57.0 Å². The fourth-order valence-corrected chi connectivity index (χ4v) is 1.92. The number of rotatable bonds is 3. The first kappa shape index (κ1) is 14.0. The van der Waals surface area contributed by atoms with Gasteiger partial charge in [0.05, 0.1) is 15.6 Å². The molecule has 0 aliphatic rings. The van der Waals surface area contributed by atoms with Gasteiger partial charge in [0.15, 0.2) is 0 Å². The summed E-state index contributed by atoms with van der Waals surface area (Å²) in [5.74, 6) is 0.768. The third kappa shape index (κ3) is 3.32. The van der Waals surface area contributed by atoms with Gasteiger partial charge < -0.3 is 10.5 Å². The maximum atomic E-state index is 7.50. The van der Waals surface area contributed by atoms with Gasteiger partial charge in [-0.15, -0.1) is 0 Å². The first-order valence-corrected chi connectivity index (χ1v) is 6.37. The highest BCUT2D eigenvalue weighted by Gasteiger charge is 2.09. The maximum absolute atomic E-state index is 7.50. The number of ether oxygens (including phenoxy) is 1. The number of benzene rings is 2. The molecule has 3 N–H and O–H groups in total. The molecule has 6 heteroatoms. The molecule has 0 aliphatic carbocycles. The van der Waals surface area contributed by atoms with E-state index in [2.05, 4.69) is 0 Å². The fraction of sp³-hybridized carbons (Fsp3) is 0. The molecule has 2 rings (SSSR count). The van der Waals surface area contributed by atoms with Crippen molar-refractivity contribution in [3.8, 4) is 11.5 Å². The van der Waals surface area contributed by atoms with E-state index in [1.807, 2.05) is 0 Å². The van der Waals surface area contributed by atoms with Gasteiger partial charge in [-0.2, -0.15) is 0 Å². The largest absolute Gasteiger partial charge is 0.456 e. The van der Waals surface area contributed by atoms with Crippen LogP contribution in [0.25, 0.3) is 0 Å². The van der Waals surface area contributed by atoms with E-state index in [1.165, 1.54) is 0 Å². The molecule has 0 saturated heterocycles. The third-order valence-electron chi connectivity index (χ3n) is 2.35. The highest BCUT2D eigenvalue weighted by Crippen LogP contribution is 2.32. The van der Waals surface area contributed by atoms with Crippen molar-refractivity contribution in [1.29, 1.82) is 5.41 Å². The highest BCUT2D eigenvalue weighted by molar-refractivity contribution is 6.42. The average molecular weight is 316 g/mol. The summed E-state index contributed by atoms with van der Waals surface area (Å²) in [6.45, 7) is 0. The standard InChI is InChI=1S/C13H9Cl3N2O/c14-7-1-3-9(13(17)18)12(5-7)19-8-2-4-10(15)11(16)6-8/h1-6H,(H3,17,18). The molecular weight excluding hydrogens is 307 g/mol.